The van der Waals surface area contributed by atoms with E-state index in [0.717, 1.165) is 29.8 Å². The van der Waals surface area contributed by atoms with Gasteiger partial charge in [0.15, 0.2) is 15.5 Å². The maximum Gasteiger partial charge on any atom is 0.256 e. The second-order valence-corrected chi connectivity index (χ2v) is 11.1. The minimum atomic E-state index is -3.06. The van der Waals surface area contributed by atoms with E-state index in [0.29, 0.717) is 34.6 Å². The molecule has 0 radical (unpaired) electrons. The van der Waals surface area contributed by atoms with Crippen LogP contribution in [0.3, 0.4) is 0 Å². The summed E-state index contributed by atoms with van der Waals surface area (Å²) in [5.74, 6) is 0.399. The number of nitrogens with one attached hydrogen (secondary N) is 1. The molecule has 1 aromatic carbocycles. The Labute approximate surface area is 181 Å². The molecule has 2 aliphatic rings. The van der Waals surface area contributed by atoms with Crippen LogP contribution in [-0.4, -0.2) is 40.6 Å². The molecule has 2 fully saturated rings. The molecule has 7 nitrogen and oxygen atoms in total. The average Bonchev–Trinajstić information content (AvgIpc) is 3.43. The molecule has 3 heterocycles. The molecule has 1 amide bonds. The number of sulfone groups is 1. The molecule has 5 rings (SSSR count). The van der Waals surface area contributed by atoms with Crippen LogP contribution in [0, 0.1) is 20.8 Å². The van der Waals surface area contributed by atoms with Gasteiger partial charge in [0.1, 0.15) is 0 Å². The van der Waals surface area contributed by atoms with Gasteiger partial charge < -0.3 is 5.32 Å². The molecule has 8 heteroatoms. The first-order valence-corrected chi connectivity index (χ1v) is 12.5. The van der Waals surface area contributed by atoms with Gasteiger partial charge in [-0.1, -0.05) is 6.07 Å². The van der Waals surface area contributed by atoms with E-state index in [9.17, 15) is 13.2 Å². The fourth-order valence-corrected chi connectivity index (χ4v) is 6.03. The quantitative estimate of drug-likeness (QED) is 0.668. The number of hydrogen-bond donors (Lipinski definition) is 1. The van der Waals surface area contributed by atoms with E-state index in [1.807, 2.05) is 45.0 Å². The van der Waals surface area contributed by atoms with Gasteiger partial charge in [0, 0.05) is 17.3 Å². The fourth-order valence-electron chi connectivity index (χ4n) is 4.34. The fraction of sp³-hybridized carbons (Fsp3) is 0.435. The molecule has 31 heavy (non-hydrogen) atoms. The third-order valence-electron chi connectivity index (χ3n) is 6.42. The van der Waals surface area contributed by atoms with Crippen LogP contribution < -0.4 is 5.32 Å². The third-order valence-corrected chi connectivity index (χ3v) is 8.17. The van der Waals surface area contributed by atoms with Crippen molar-refractivity contribution in [1.82, 2.24) is 14.8 Å². The van der Waals surface area contributed by atoms with Crippen LogP contribution in [0.5, 0.6) is 0 Å². The molecule has 1 aliphatic carbocycles. The Morgan fingerprint density at radius 1 is 1.10 bits per heavy atom. The molecule has 0 bridgehead atoms. The Hall–Kier alpha value is -2.74. The van der Waals surface area contributed by atoms with Crippen molar-refractivity contribution in [2.75, 3.05) is 16.8 Å². The summed E-state index contributed by atoms with van der Waals surface area (Å²) in [6.07, 6.45) is 2.64. The van der Waals surface area contributed by atoms with E-state index in [2.05, 4.69) is 10.4 Å². The number of anilines is 1. The lowest BCUT2D eigenvalue weighted by Gasteiger charge is -2.12. The first-order chi connectivity index (χ1) is 14.7. The number of carbonyl (C=O) groups is 1. The highest BCUT2D eigenvalue weighted by molar-refractivity contribution is 7.91. The first kappa shape index (κ1) is 20.2. The average molecular weight is 439 g/mol. The van der Waals surface area contributed by atoms with Gasteiger partial charge in [0.2, 0.25) is 0 Å². The zero-order valence-corrected chi connectivity index (χ0v) is 18.8. The Morgan fingerprint density at radius 3 is 2.52 bits per heavy atom. The number of aryl methyl sites for hydroxylation is 3. The Kier molecular flexibility index (Phi) is 4.66. The number of amides is 1. The van der Waals surface area contributed by atoms with Crippen molar-refractivity contribution >= 4 is 32.5 Å². The van der Waals surface area contributed by atoms with Crippen molar-refractivity contribution < 1.29 is 13.2 Å². The van der Waals surface area contributed by atoms with Gasteiger partial charge in [0.25, 0.3) is 5.91 Å². The molecule has 3 aromatic rings. The summed E-state index contributed by atoms with van der Waals surface area (Å²) in [7, 11) is -3.06. The Bertz CT molecular complexity index is 1320. The van der Waals surface area contributed by atoms with Crippen molar-refractivity contribution in [3.05, 3.63) is 52.3 Å². The zero-order valence-electron chi connectivity index (χ0n) is 18.0. The number of carbonyl (C=O) groups excluding carboxylic acids is 1. The monoisotopic (exact) mass is 438 g/mol. The lowest BCUT2D eigenvalue weighted by atomic mass is 10.1. The molecule has 0 spiro atoms. The number of nitrogens with zero attached hydrogens (tertiary/aromatic N) is 3. The lowest BCUT2D eigenvalue weighted by molar-refractivity contribution is 0.102. The van der Waals surface area contributed by atoms with Crippen molar-refractivity contribution in [3.63, 3.8) is 0 Å². The number of rotatable bonds is 4. The lowest BCUT2D eigenvalue weighted by Crippen LogP contribution is -2.15. The van der Waals surface area contributed by atoms with E-state index >= 15 is 0 Å². The second-order valence-electron chi connectivity index (χ2n) is 8.91. The summed E-state index contributed by atoms with van der Waals surface area (Å²) in [5, 5.41) is 8.37. The summed E-state index contributed by atoms with van der Waals surface area (Å²) in [6.45, 7) is 5.91. The van der Waals surface area contributed by atoms with E-state index < -0.39 is 9.84 Å². The van der Waals surface area contributed by atoms with Crippen LogP contribution in [-0.2, 0) is 9.84 Å². The summed E-state index contributed by atoms with van der Waals surface area (Å²) < 4.78 is 25.8. The van der Waals surface area contributed by atoms with Gasteiger partial charge in [-0.15, -0.1) is 0 Å². The Morgan fingerprint density at radius 2 is 1.87 bits per heavy atom. The van der Waals surface area contributed by atoms with Crippen LogP contribution >= 0.6 is 0 Å². The molecule has 162 valence electrons. The van der Waals surface area contributed by atoms with Gasteiger partial charge in [0.05, 0.1) is 34.2 Å². The highest BCUT2D eigenvalue weighted by Gasteiger charge is 2.34. The molecule has 1 atom stereocenters. The minimum absolute atomic E-state index is 0.0722. The molecule has 0 unspecified atom stereocenters. The van der Waals surface area contributed by atoms with E-state index in [-0.39, 0.29) is 23.5 Å². The molecule has 1 N–H and O–H groups in total. The zero-order chi connectivity index (χ0) is 21.9. The van der Waals surface area contributed by atoms with Crippen molar-refractivity contribution in [2.24, 2.45) is 0 Å². The summed E-state index contributed by atoms with van der Waals surface area (Å²) in [4.78, 5) is 18.2. The maximum absolute atomic E-state index is 13.3. The van der Waals surface area contributed by atoms with Crippen LogP contribution in [0.1, 0.15) is 64.1 Å². The van der Waals surface area contributed by atoms with Crippen LogP contribution in [0.25, 0.3) is 11.0 Å². The predicted molar refractivity (Wildman–Crippen MR) is 120 cm³/mol. The van der Waals surface area contributed by atoms with Crippen LogP contribution in [0.15, 0.2) is 24.3 Å². The number of aromatic nitrogens is 3. The largest absolute Gasteiger partial charge is 0.322 e. The normalized spacial score (nSPS) is 20.3. The number of benzene rings is 1. The number of fused-ring (bicyclic) bond motifs is 1. The summed E-state index contributed by atoms with van der Waals surface area (Å²) >= 11 is 0. The van der Waals surface area contributed by atoms with Crippen LogP contribution in [0.4, 0.5) is 5.69 Å². The number of pyridine rings is 1. The molecule has 1 saturated heterocycles. The standard InChI is InChI=1S/C23H26N4O3S/c1-13-4-7-17(10-14(13)2)24-23(28)19-11-20(16-5-6-16)25-22-21(19)15(3)26-27(22)18-8-9-31(29,30)12-18/h4,7,10-11,16,18H,5-6,8-9,12H2,1-3H3,(H,24,28)/t18-/m0/s1. The first-order valence-electron chi connectivity index (χ1n) is 10.7. The number of hydrogen-bond acceptors (Lipinski definition) is 5. The van der Waals surface area contributed by atoms with E-state index in [1.165, 1.54) is 5.56 Å². The van der Waals surface area contributed by atoms with Gasteiger partial charge in [-0.25, -0.2) is 18.1 Å². The third kappa shape index (κ3) is 3.73. The highest BCUT2D eigenvalue weighted by Crippen LogP contribution is 2.41. The van der Waals surface area contributed by atoms with Gasteiger partial charge in [-0.2, -0.15) is 5.10 Å². The molecule has 1 aliphatic heterocycles. The minimum Gasteiger partial charge on any atom is -0.322 e. The van der Waals surface area contributed by atoms with Crippen molar-refractivity contribution in [1.29, 1.82) is 0 Å². The summed E-state index contributed by atoms with van der Waals surface area (Å²) in [5.41, 5.74) is 5.79. The van der Waals surface area contributed by atoms with Crippen molar-refractivity contribution in [3.8, 4) is 0 Å². The van der Waals surface area contributed by atoms with E-state index in [1.54, 1.807) is 4.68 Å². The molecular weight excluding hydrogens is 412 g/mol. The topological polar surface area (TPSA) is 93.9 Å². The van der Waals surface area contributed by atoms with E-state index in [4.69, 9.17) is 4.98 Å². The highest BCUT2D eigenvalue weighted by atomic mass is 32.2. The SMILES string of the molecule is Cc1ccc(NC(=O)c2cc(C3CC3)nc3c2c(C)nn3[C@H]2CCS(=O)(=O)C2)cc1C. The van der Waals surface area contributed by atoms with Crippen molar-refractivity contribution in [2.45, 2.75) is 52.0 Å². The van der Waals surface area contributed by atoms with Gasteiger partial charge in [-0.3, -0.25) is 4.79 Å². The summed E-state index contributed by atoms with van der Waals surface area (Å²) in [6, 6.07) is 7.51. The van der Waals surface area contributed by atoms with Gasteiger partial charge >= 0.3 is 0 Å². The maximum atomic E-state index is 13.3. The molecule has 1 saturated carbocycles. The Balaban J connectivity index is 1.60. The molecular formula is C23H26N4O3S. The van der Waals surface area contributed by atoms with Crippen LogP contribution in [0.2, 0.25) is 0 Å². The molecule has 2 aromatic heterocycles. The van der Waals surface area contributed by atoms with Gasteiger partial charge in [-0.05, 0) is 69.4 Å². The smallest absolute Gasteiger partial charge is 0.256 e. The second kappa shape index (κ2) is 7.15. The predicted octanol–water partition coefficient (Wildman–Crippen LogP) is 3.85.